The Morgan fingerprint density at radius 2 is 1.86 bits per heavy atom. The topological polar surface area (TPSA) is 93.6 Å². The summed E-state index contributed by atoms with van der Waals surface area (Å²) in [4.78, 5) is 21.6. The largest absolute Gasteiger partial charge is 0.478 e. The van der Waals surface area contributed by atoms with Gasteiger partial charge in [-0.25, -0.2) is 4.79 Å². The molecule has 0 atom stereocenters. The van der Waals surface area contributed by atoms with E-state index in [1.54, 1.807) is 18.2 Å². The van der Waals surface area contributed by atoms with Crippen molar-refractivity contribution >= 4 is 22.8 Å². The molecule has 6 nitrogen and oxygen atoms in total. The molecule has 22 heavy (non-hydrogen) atoms. The number of nitrogens with zero attached hydrogens (tertiary/aromatic N) is 1. The quantitative estimate of drug-likeness (QED) is 0.582. The number of hydrogen-bond acceptors (Lipinski definition) is 4. The van der Waals surface area contributed by atoms with Crippen LogP contribution in [0.5, 0.6) is 0 Å². The first-order valence-corrected chi connectivity index (χ1v) is 6.48. The number of carboxylic acids is 1. The fourth-order valence-electron chi connectivity index (χ4n) is 2.39. The molecule has 0 bridgehead atoms. The Morgan fingerprint density at radius 3 is 2.45 bits per heavy atom. The average molecular weight is 297 g/mol. The van der Waals surface area contributed by atoms with Crippen LogP contribution < -0.4 is 0 Å². The maximum absolute atomic E-state index is 11.2. The highest BCUT2D eigenvalue weighted by molar-refractivity contribution is 5.99. The summed E-state index contributed by atoms with van der Waals surface area (Å²) in [5, 5.41) is 20.8. The SMILES string of the molecule is Cc1ccc2oc([N+](=O)[O-])c(-c3ccc(C(=O)O)cc3)c2c1. The number of aromatic carboxylic acids is 1. The number of fused-ring (bicyclic) bond motifs is 1. The number of furan rings is 1. The van der Waals surface area contributed by atoms with E-state index in [9.17, 15) is 14.9 Å². The highest BCUT2D eigenvalue weighted by Crippen LogP contribution is 2.40. The number of aryl methyl sites for hydroxylation is 1. The van der Waals surface area contributed by atoms with Crippen LogP contribution in [0, 0.1) is 17.0 Å². The van der Waals surface area contributed by atoms with E-state index in [0.29, 0.717) is 22.1 Å². The summed E-state index contributed by atoms with van der Waals surface area (Å²) in [6.45, 7) is 1.88. The van der Waals surface area contributed by atoms with E-state index in [2.05, 4.69) is 0 Å². The molecule has 2 aromatic carbocycles. The summed E-state index contributed by atoms with van der Waals surface area (Å²) >= 11 is 0. The van der Waals surface area contributed by atoms with Crippen molar-refractivity contribution in [3.63, 3.8) is 0 Å². The number of rotatable bonds is 3. The van der Waals surface area contributed by atoms with Crippen LogP contribution in [0.3, 0.4) is 0 Å². The van der Waals surface area contributed by atoms with Gasteiger partial charge in [-0.1, -0.05) is 23.8 Å². The summed E-state index contributed by atoms with van der Waals surface area (Å²) in [7, 11) is 0. The van der Waals surface area contributed by atoms with Gasteiger partial charge in [-0.2, -0.15) is 0 Å². The Hall–Kier alpha value is -3.15. The van der Waals surface area contributed by atoms with Gasteiger partial charge in [-0.05, 0) is 36.8 Å². The predicted molar refractivity (Wildman–Crippen MR) is 80.0 cm³/mol. The van der Waals surface area contributed by atoms with Gasteiger partial charge in [0.05, 0.1) is 5.56 Å². The molecular formula is C16H11NO5. The van der Waals surface area contributed by atoms with E-state index in [1.165, 1.54) is 12.1 Å². The van der Waals surface area contributed by atoms with Gasteiger partial charge in [0.2, 0.25) is 0 Å². The molecule has 0 saturated heterocycles. The van der Waals surface area contributed by atoms with Crippen molar-refractivity contribution in [2.75, 3.05) is 0 Å². The second-order valence-corrected chi connectivity index (χ2v) is 4.92. The van der Waals surface area contributed by atoms with Crippen LogP contribution in [0.4, 0.5) is 5.88 Å². The highest BCUT2D eigenvalue weighted by atomic mass is 16.6. The normalized spacial score (nSPS) is 10.8. The summed E-state index contributed by atoms with van der Waals surface area (Å²) in [6.07, 6.45) is 0. The molecule has 110 valence electrons. The van der Waals surface area contributed by atoms with E-state index in [4.69, 9.17) is 9.52 Å². The van der Waals surface area contributed by atoms with Gasteiger partial charge in [0.25, 0.3) is 0 Å². The molecule has 1 heterocycles. The molecular weight excluding hydrogens is 286 g/mol. The fraction of sp³-hybridized carbons (Fsp3) is 0.0625. The molecule has 1 aromatic heterocycles. The minimum atomic E-state index is -1.05. The van der Waals surface area contributed by atoms with Crippen LogP contribution in [-0.4, -0.2) is 16.0 Å². The third-order valence-corrected chi connectivity index (χ3v) is 3.41. The van der Waals surface area contributed by atoms with Crippen LogP contribution in [0.2, 0.25) is 0 Å². The van der Waals surface area contributed by atoms with Gasteiger partial charge in [0.15, 0.2) is 0 Å². The van der Waals surface area contributed by atoms with Crippen LogP contribution in [-0.2, 0) is 0 Å². The van der Waals surface area contributed by atoms with Crippen molar-refractivity contribution in [3.8, 4) is 11.1 Å². The van der Waals surface area contributed by atoms with Crippen molar-refractivity contribution in [2.24, 2.45) is 0 Å². The maximum atomic E-state index is 11.2. The number of carbonyl (C=O) groups is 1. The van der Waals surface area contributed by atoms with Gasteiger partial charge in [-0.3, -0.25) is 10.1 Å². The molecule has 0 amide bonds. The summed E-state index contributed by atoms with van der Waals surface area (Å²) < 4.78 is 5.33. The smallest absolute Gasteiger partial charge is 0.442 e. The highest BCUT2D eigenvalue weighted by Gasteiger charge is 2.25. The van der Waals surface area contributed by atoms with Crippen LogP contribution in [0.15, 0.2) is 46.9 Å². The van der Waals surface area contributed by atoms with Gasteiger partial charge in [0, 0.05) is 5.39 Å². The lowest BCUT2D eigenvalue weighted by Gasteiger charge is -2.00. The zero-order valence-corrected chi connectivity index (χ0v) is 11.6. The minimum Gasteiger partial charge on any atom is -0.478 e. The van der Waals surface area contributed by atoms with Crippen LogP contribution >= 0.6 is 0 Å². The monoisotopic (exact) mass is 297 g/mol. The summed E-state index contributed by atoms with van der Waals surface area (Å²) in [5.74, 6) is -1.39. The van der Waals surface area contributed by atoms with Gasteiger partial charge in [-0.15, -0.1) is 0 Å². The first-order valence-electron chi connectivity index (χ1n) is 6.48. The van der Waals surface area contributed by atoms with E-state index >= 15 is 0 Å². The third kappa shape index (κ3) is 2.20. The Bertz CT molecular complexity index is 893. The second kappa shape index (κ2) is 5.00. The van der Waals surface area contributed by atoms with Crippen LogP contribution in [0.1, 0.15) is 15.9 Å². The molecule has 0 aliphatic heterocycles. The second-order valence-electron chi connectivity index (χ2n) is 4.92. The van der Waals surface area contributed by atoms with Gasteiger partial charge < -0.3 is 9.52 Å². The van der Waals surface area contributed by atoms with E-state index < -0.39 is 10.9 Å². The number of carboxylic acid groups (broad SMARTS) is 1. The van der Waals surface area contributed by atoms with Crippen molar-refractivity contribution in [2.45, 2.75) is 6.92 Å². The molecule has 0 spiro atoms. The van der Waals surface area contributed by atoms with Crippen molar-refractivity contribution in [1.82, 2.24) is 0 Å². The van der Waals surface area contributed by atoms with Crippen molar-refractivity contribution < 1.29 is 19.2 Å². The molecule has 3 aromatic rings. The number of benzene rings is 2. The average Bonchev–Trinajstić information content (AvgIpc) is 2.86. The predicted octanol–water partition coefficient (Wildman–Crippen LogP) is 4.01. The first kappa shape index (κ1) is 13.8. The van der Waals surface area contributed by atoms with E-state index in [-0.39, 0.29) is 11.4 Å². The van der Waals surface area contributed by atoms with E-state index in [0.717, 1.165) is 5.56 Å². The standard InChI is InChI=1S/C16H11NO5/c1-9-2-7-13-12(8-9)14(15(22-13)17(20)21)10-3-5-11(6-4-10)16(18)19/h2-8H,1H3,(H,18,19). The molecule has 0 saturated carbocycles. The van der Waals surface area contributed by atoms with Crippen molar-refractivity contribution in [3.05, 3.63) is 63.7 Å². The maximum Gasteiger partial charge on any atom is 0.442 e. The van der Waals surface area contributed by atoms with Crippen LogP contribution in [0.25, 0.3) is 22.1 Å². The third-order valence-electron chi connectivity index (χ3n) is 3.41. The summed E-state index contributed by atoms with van der Waals surface area (Å²) in [6, 6.07) is 11.2. The summed E-state index contributed by atoms with van der Waals surface area (Å²) in [5.41, 5.74) is 2.40. The lowest BCUT2D eigenvalue weighted by Crippen LogP contribution is -1.95. The molecule has 0 fully saturated rings. The van der Waals surface area contributed by atoms with E-state index in [1.807, 2.05) is 19.1 Å². The Balaban J connectivity index is 2.27. The fourth-order valence-corrected chi connectivity index (χ4v) is 2.39. The molecule has 3 rings (SSSR count). The van der Waals surface area contributed by atoms with Gasteiger partial charge in [0.1, 0.15) is 16.1 Å². The molecule has 0 radical (unpaired) electrons. The molecule has 6 heteroatoms. The molecule has 0 aliphatic carbocycles. The number of nitro groups is 1. The Labute approximate surface area is 124 Å². The van der Waals surface area contributed by atoms with Crippen molar-refractivity contribution in [1.29, 1.82) is 0 Å². The zero-order valence-electron chi connectivity index (χ0n) is 11.6. The Kier molecular flexibility index (Phi) is 3.14. The molecule has 0 aliphatic rings. The Morgan fingerprint density at radius 1 is 1.18 bits per heavy atom. The molecule has 0 unspecified atom stereocenters. The van der Waals surface area contributed by atoms with Gasteiger partial charge >= 0.3 is 11.9 Å². The minimum absolute atomic E-state index is 0.121. The first-order chi connectivity index (χ1) is 10.5. The molecule has 1 N–H and O–H groups in total. The lowest BCUT2D eigenvalue weighted by molar-refractivity contribution is -0.400. The lowest BCUT2D eigenvalue weighted by atomic mass is 10.0. The zero-order chi connectivity index (χ0) is 15.9. The number of hydrogen-bond donors (Lipinski definition) is 1.